The van der Waals surface area contributed by atoms with Crippen molar-refractivity contribution in [3.05, 3.63) is 65.2 Å². The number of sulfonamides is 1. The summed E-state index contributed by atoms with van der Waals surface area (Å²) in [7, 11) is -3.44. The third-order valence-electron chi connectivity index (χ3n) is 4.60. The monoisotopic (exact) mass is 372 g/mol. The van der Waals surface area contributed by atoms with Crippen LogP contribution in [-0.4, -0.2) is 38.3 Å². The van der Waals surface area contributed by atoms with Gasteiger partial charge in [0.05, 0.1) is 4.90 Å². The Balaban J connectivity index is 1.58. The highest BCUT2D eigenvalue weighted by molar-refractivity contribution is 7.89. The molecule has 0 aliphatic carbocycles. The molecule has 1 heterocycles. The number of amides is 1. The summed E-state index contributed by atoms with van der Waals surface area (Å²) in [6.07, 6.45) is 2.57. The molecule has 0 spiro atoms. The molecule has 0 radical (unpaired) electrons. The zero-order valence-electron chi connectivity index (χ0n) is 14.9. The first-order valence-electron chi connectivity index (χ1n) is 8.91. The molecule has 0 saturated carbocycles. The molecule has 138 valence electrons. The lowest BCUT2D eigenvalue weighted by molar-refractivity contribution is 0.0954. The van der Waals surface area contributed by atoms with Gasteiger partial charge in [0.1, 0.15) is 0 Å². The van der Waals surface area contributed by atoms with Gasteiger partial charge in [0, 0.05) is 25.2 Å². The topological polar surface area (TPSA) is 66.5 Å². The highest BCUT2D eigenvalue weighted by Gasteiger charge is 2.27. The Morgan fingerprint density at radius 1 is 1.08 bits per heavy atom. The number of benzene rings is 2. The van der Waals surface area contributed by atoms with Crippen LogP contribution in [0.15, 0.2) is 53.4 Å². The highest BCUT2D eigenvalue weighted by Crippen LogP contribution is 2.21. The first-order valence-corrected chi connectivity index (χ1v) is 10.3. The molecule has 1 fully saturated rings. The first-order chi connectivity index (χ1) is 12.5. The van der Waals surface area contributed by atoms with Gasteiger partial charge in [0.2, 0.25) is 10.0 Å². The molecule has 5 nitrogen and oxygen atoms in total. The van der Waals surface area contributed by atoms with Crippen LogP contribution in [-0.2, 0) is 16.4 Å². The average molecular weight is 372 g/mol. The summed E-state index contributed by atoms with van der Waals surface area (Å²) in [5.41, 5.74) is 2.84. The molecule has 3 rings (SSSR count). The summed E-state index contributed by atoms with van der Waals surface area (Å²) < 4.78 is 26.5. The van der Waals surface area contributed by atoms with Crippen LogP contribution in [0.4, 0.5) is 0 Å². The van der Waals surface area contributed by atoms with Gasteiger partial charge in [0.15, 0.2) is 0 Å². The van der Waals surface area contributed by atoms with Gasteiger partial charge >= 0.3 is 0 Å². The summed E-state index contributed by atoms with van der Waals surface area (Å²) in [5, 5.41) is 2.88. The molecule has 2 aromatic carbocycles. The Morgan fingerprint density at radius 2 is 1.77 bits per heavy atom. The standard InChI is InChI=1S/C20H24N2O3S/c1-16-5-4-6-17(15-16)11-12-21-20(23)18-7-9-19(10-8-18)26(24,25)22-13-2-3-14-22/h4-10,15H,2-3,11-14H2,1H3,(H,21,23). The maximum absolute atomic E-state index is 12.5. The van der Waals surface area contributed by atoms with Gasteiger partial charge < -0.3 is 5.32 Å². The van der Waals surface area contributed by atoms with Crippen LogP contribution in [0, 0.1) is 6.92 Å². The number of carbonyl (C=O) groups excluding carboxylic acids is 1. The molecule has 1 saturated heterocycles. The number of nitrogens with one attached hydrogen (secondary N) is 1. The van der Waals surface area contributed by atoms with E-state index >= 15 is 0 Å². The Hall–Kier alpha value is -2.18. The van der Waals surface area contributed by atoms with Gasteiger partial charge in [-0.25, -0.2) is 8.42 Å². The molecule has 1 N–H and O–H groups in total. The zero-order chi connectivity index (χ0) is 18.6. The van der Waals surface area contributed by atoms with Gasteiger partial charge in [-0.1, -0.05) is 29.8 Å². The highest BCUT2D eigenvalue weighted by atomic mass is 32.2. The van der Waals surface area contributed by atoms with E-state index in [4.69, 9.17) is 0 Å². The number of nitrogens with zero attached hydrogens (tertiary/aromatic N) is 1. The largest absolute Gasteiger partial charge is 0.352 e. The molecule has 1 aliphatic rings. The minimum absolute atomic E-state index is 0.192. The fourth-order valence-electron chi connectivity index (χ4n) is 3.15. The number of hydrogen-bond acceptors (Lipinski definition) is 3. The third kappa shape index (κ3) is 4.31. The van der Waals surface area contributed by atoms with Gasteiger partial charge in [-0.15, -0.1) is 0 Å². The van der Waals surface area contributed by atoms with E-state index in [1.165, 1.54) is 27.6 Å². The fourth-order valence-corrected chi connectivity index (χ4v) is 4.66. The molecule has 6 heteroatoms. The van der Waals surface area contributed by atoms with E-state index in [1.54, 1.807) is 12.1 Å². The van der Waals surface area contributed by atoms with E-state index in [0.29, 0.717) is 25.2 Å². The average Bonchev–Trinajstić information content (AvgIpc) is 3.17. The molecular formula is C20H24N2O3S. The molecule has 26 heavy (non-hydrogen) atoms. The summed E-state index contributed by atoms with van der Waals surface area (Å²) in [5.74, 6) is -0.192. The summed E-state index contributed by atoms with van der Waals surface area (Å²) in [6, 6.07) is 14.4. The predicted octanol–water partition coefficient (Wildman–Crippen LogP) is 2.75. The molecule has 1 aliphatic heterocycles. The number of carbonyl (C=O) groups is 1. The van der Waals surface area contributed by atoms with Crippen molar-refractivity contribution in [3.63, 3.8) is 0 Å². The second kappa shape index (κ2) is 8.01. The lowest BCUT2D eigenvalue weighted by Gasteiger charge is -2.15. The van der Waals surface area contributed by atoms with Crippen LogP contribution < -0.4 is 5.32 Å². The smallest absolute Gasteiger partial charge is 0.251 e. The summed E-state index contributed by atoms with van der Waals surface area (Å²) in [6.45, 7) is 3.73. The van der Waals surface area contributed by atoms with Crippen molar-refractivity contribution in [2.45, 2.75) is 31.1 Å². The number of hydrogen-bond donors (Lipinski definition) is 1. The lowest BCUT2D eigenvalue weighted by Crippen LogP contribution is -2.28. The van der Waals surface area contributed by atoms with Crippen molar-refractivity contribution in [2.75, 3.05) is 19.6 Å². The SMILES string of the molecule is Cc1cccc(CCNC(=O)c2ccc(S(=O)(=O)N3CCCC3)cc2)c1. The van der Waals surface area contributed by atoms with Gasteiger partial charge in [0.25, 0.3) is 5.91 Å². The second-order valence-electron chi connectivity index (χ2n) is 6.63. The summed E-state index contributed by atoms with van der Waals surface area (Å²) >= 11 is 0. The zero-order valence-corrected chi connectivity index (χ0v) is 15.8. The van der Waals surface area contributed by atoms with Gasteiger partial charge in [-0.2, -0.15) is 4.31 Å². The first kappa shape index (κ1) is 18.6. The molecule has 0 bridgehead atoms. The maximum Gasteiger partial charge on any atom is 0.251 e. The lowest BCUT2D eigenvalue weighted by atomic mass is 10.1. The fraction of sp³-hybridized carbons (Fsp3) is 0.350. The van der Waals surface area contributed by atoms with Crippen molar-refractivity contribution in [3.8, 4) is 0 Å². The minimum Gasteiger partial charge on any atom is -0.352 e. The molecule has 1 amide bonds. The molecular weight excluding hydrogens is 348 g/mol. The molecule has 0 aromatic heterocycles. The molecule has 2 aromatic rings. The van der Waals surface area contributed by atoms with Gasteiger partial charge in [-0.05, 0) is 56.0 Å². The van der Waals surface area contributed by atoms with Crippen LogP contribution in [0.1, 0.15) is 34.3 Å². The van der Waals surface area contributed by atoms with Crippen LogP contribution in [0.25, 0.3) is 0 Å². The van der Waals surface area contributed by atoms with Gasteiger partial charge in [-0.3, -0.25) is 4.79 Å². The van der Waals surface area contributed by atoms with Crippen molar-refractivity contribution in [1.82, 2.24) is 9.62 Å². The predicted molar refractivity (Wildman–Crippen MR) is 102 cm³/mol. The van der Waals surface area contributed by atoms with E-state index in [0.717, 1.165) is 19.3 Å². The Kier molecular flexibility index (Phi) is 5.74. The van der Waals surface area contributed by atoms with Crippen molar-refractivity contribution < 1.29 is 13.2 Å². The Morgan fingerprint density at radius 3 is 2.42 bits per heavy atom. The van der Waals surface area contributed by atoms with E-state index in [9.17, 15) is 13.2 Å². The maximum atomic E-state index is 12.5. The van der Waals surface area contributed by atoms with Crippen molar-refractivity contribution in [2.24, 2.45) is 0 Å². The van der Waals surface area contributed by atoms with Crippen LogP contribution >= 0.6 is 0 Å². The second-order valence-corrected chi connectivity index (χ2v) is 8.57. The van der Waals surface area contributed by atoms with E-state index in [-0.39, 0.29) is 10.8 Å². The van der Waals surface area contributed by atoms with Crippen LogP contribution in [0.5, 0.6) is 0 Å². The minimum atomic E-state index is -3.44. The molecule has 0 unspecified atom stereocenters. The summed E-state index contributed by atoms with van der Waals surface area (Å²) in [4.78, 5) is 12.5. The Bertz CT molecular complexity index is 870. The number of rotatable bonds is 6. The van der Waals surface area contributed by atoms with E-state index in [1.807, 2.05) is 25.1 Å². The molecule has 0 atom stereocenters. The van der Waals surface area contributed by atoms with Crippen LogP contribution in [0.3, 0.4) is 0 Å². The van der Waals surface area contributed by atoms with Crippen LogP contribution in [0.2, 0.25) is 0 Å². The third-order valence-corrected chi connectivity index (χ3v) is 6.51. The normalized spacial score (nSPS) is 15.1. The number of aryl methyl sites for hydroxylation is 1. The van der Waals surface area contributed by atoms with E-state index in [2.05, 4.69) is 11.4 Å². The van der Waals surface area contributed by atoms with Crippen molar-refractivity contribution in [1.29, 1.82) is 0 Å². The van der Waals surface area contributed by atoms with E-state index < -0.39 is 10.0 Å². The quantitative estimate of drug-likeness (QED) is 0.848. The van der Waals surface area contributed by atoms with Crippen molar-refractivity contribution >= 4 is 15.9 Å². The Labute approximate surface area is 155 Å².